The first-order valence-corrected chi connectivity index (χ1v) is 7.55. The number of aryl methyl sites for hydroxylation is 1. The minimum Gasteiger partial charge on any atom is -0.497 e. The van der Waals surface area contributed by atoms with E-state index in [0.29, 0.717) is 28.2 Å². The summed E-state index contributed by atoms with van der Waals surface area (Å²) in [7, 11) is 3.17. The lowest BCUT2D eigenvalue weighted by molar-refractivity contribution is 0.103. The van der Waals surface area contributed by atoms with Crippen LogP contribution >= 0.6 is 15.9 Å². The number of halogens is 1. The van der Waals surface area contributed by atoms with E-state index >= 15 is 0 Å². The summed E-state index contributed by atoms with van der Waals surface area (Å²) in [6, 6.07) is 5.43. The molecular weight excluding hydrogens is 348 g/mol. The van der Waals surface area contributed by atoms with Crippen molar-refractivity contribution in [2.75, 3.05) is 14.2 Å². The van der Waals surface area contributed by atoms with E-state index in [1.54, 1.807) is 37.2 Å². The zero-order valence-corrected chi connectivity index (χ0v) is 14.3. The van der Waals surface area contributed by atoms with Gasteiger partial charge >= 0.3 is 0 Å². The summed E-state index contributed by atoms with van der Waals surface area (Å²) in [4.78, 5) is 12.4. The number of ether oxygens (including phenoxy) is 2. The fraction of sp³-hybridized carbons (Fsp3) is 0.250. The maximum Gasteiger partial charge on any atom is 0.205 e. The highest BCUT2D eigenvalue weighted by atomic mass is 79.9. The quantitative estimate of drug-likeness (QED) is 0.580. The number of ketones is 1. The van der Waals surface area contributed by atoms with Crippen molar-refractivity contribution in [2.24, 2.45) is 0 Å². The molecule has 0 bridgehead atoms. The topological polar surface area (TPSA) is 53.4 Å². The van der Waals surface area contributed by atoms with Gasteiger partial charge in [-0.25, -0.2) is 0 Å². The van der Waals surface area contributed by atoms with E-state index in [4.69, 9.17) is 9.47 Å². The van der Waals surface area contributed by atoms with Gasteiger partial charge in [0, 0.05) is 18.2 Å². The third kappa shape index (κ3) is 3.39. The van der Waals surface area contributed by atoms with Crippen LogP contribution in [0.15, 0.2) is 34.9 Å². The predicted molar refractivity (Wildman–Crippen MR) is 88.5 cm³/mol. The van der Waals surface area contributed by atoms with E-state index in [2.05, 4.69) is 21.0 Å². The summed E-state index contributed by atoms with van der Waals surface area (Å²) in [5.41, 5.74) is 1.33. The molecule has 0 atom stereocenters. The fourth-order valence-corrected chi connectivity index (χ4v) is 2.54. The van der Waals surface area contributed by atoms with Crippen molar-refractivity contribution in [3.63, 3.8) is 0 Å². The van der Waals surface area contributed by atoms with Crippen molar-refractivity contribution in [1.29, 1.82) is 0 Å². The lowest BCUT2D eigenvalue weighted by Crippen LogP contribution is -2.07. The van der Waals surface area contributed by atoms with Crippen molar-refractivity contribution in [2.45, 2.75) is 13.5 Å². The molecule has 0 radical (unpaired) electrons. The standard InChI is InChI=1S/C16H17BrN2O3/c1-4-19-16(13(17)10-18-19)14(20)8-6-11-5-7-12(21-2)9-15(11)22-3/h5-10H,4H2,1-3H3/b8-6+. The van der Waals surface area contributed by atoms with E-state index in [9.17, 15) is 4.79 Å². The average molecular weight is 365 g/mol. The molecule has 0 spiro atoms. The van der Waals surface area contributed by atoms with Crippen LogP contribution in [0.25, 0.3) is 6.08 Å². The molecule has 0 amide bonds. The van der Waals surface area contributed by atoms with Crippen molar-refractivity contribution >= 4 is 27.8 Å². The number of rotatable bonds is 6. The van der Waals surface area contributed by atoms with Crippen LogP contribution in [-0.2, 0) is 6.54 Å². The molecular formula is C16H17BrN2O3. The minimum absolute atomic E-state index is 0.121. The third-order valence-electron chi connectivity index (χ3n) is 3.18. The molecule has 0 saturated carbocycles. The Morgan fingerprint density at radius 2 is 2.14 bits per heavy atom. The predicted octanol–water partition coefficient (Wildman–Crippen LogP) is 3.58. The number of benzene rings is 1. The maximum absolute atomic E-state index is 12.4. The second-order valence-corrected chi connectivity index (χ2v) is 5.32. The van der Waals surface area contributed by atoms with Gasteiger partial charge in [-0.2, -0.15) is 5.10 Å². The maximum atomic E-state index is 12.4. The van der Waals surface area contributed by atoms with Gasteiger partial charge in [0.25, 0.3) is 0 Å². The van der Waals surface area contributed by atoms with Crippen LogP contribution < -0.4 is 9.47 Å². The Balaban J connectivity index is 2.28. The number of nitrogens with zero attached hydrogens (tertiary/aromatic N) is 2. The zero-order chi connectivity index (χ0) is 16.1. The summed E-state index contributed by atoms with van der Waals surface area (Å²) in [6.45, 7) is 2.57. The van der Waals surface area contributed by atoms with Gasteiger partial charge in [0.05, 0.1) is 24.9 Å². The summed E-state index contributed by atoms with van der Waals surface area (Å²) >= 11 is 3.35. The molecule has 0 aliphatic carbocycles. The van der Waals surface area contributed by atoms with Crippen LogP contribution in [0.5, 0.6) is 11.5 Å². The van der Waals surface area contributed by atoms with E-state index in [1.165, 1.54) is 6.08 Å². The summed E-state index contributed by atoms with van der Waals surface area (Å²) in [5, 5.41) is 4.14. The van der Waals surface area contributed by atoms with Gasteiger partial charge in [-0.1, -0.05) is 0 Å². The lowest BCUT2D eigenvalue weighted by atomic mass is 10.1. The molecule has 0 unspecified atom stereocenters. The molecule has 2 rings (SSSR count). The van der Waals surface area contributed by atoms with Crippen molar-refractivity contribution in [3.05, 3.63) is 46.2 Å². The molecule has 0 saturated heterocycles. The van der Waals surface area contributed by atoms with E-state index in [0.717, 1.165) is 5.56 Å². The van der Waals surface area contributed by atoms with Crippen molar-refractivity contribution in [1.82, 2.24) is 9.78 Å². The second-order valence-electron chi connectivity index (χ2n) is 4.46. The average Bonchev–Trinajstić information content (AvgIpc) is 2.93. The van der Waals surface area contributed by atoms with Crippen molar-refractivity contribution < 1.29 is 14.3 Å². The van der Waals surface area contributed by atoms with Gasteiger partial charge in [-0.15, -0.1) is 0 Å². The summed E-state index contributed by atoms with van der Waals surface area (Å²) < 4.78 is 12.8. The van der Waals surface area contributed by atoms with Crippen LogP contribution in [0.4, 0.5) is 0 Å². The Bertz CT molecular complexity index is 707. The largest absolute Gasteiger partial charge is 0.497 e. The van der Waals surface area contributed by atoms with Gasteiger partial charge < -0.3 is 9.47 Å². The number of hydrogen-bond acceptors (Lipinski definition) is 4. The van der Waals surface area contributed by atoms with Crippen LogP contribution in [0.3, 0.4) is 0 Å². The number of hydrogen-bond donors (Lipinski definition) is 0. The smallest absolute Gasteiger partial charge is 0.205 e. The normalized spacial score (nSPS) is 10.9. The van der Waals surface area contributed by atoms with Crippen LogP contribution in [0, 0.1) is 0 Å². The highest BCUT2D eigenvalue weighted by molar-refractivity contribution is 9.10. The number of aromatic nitrogens is 2. The molecule has 0 aliphatic heterocycles. The van der Waals surface area contributed by atoms with Gasteiger partial charge in [0.15, 0.2) is 0 Å². The van der Waals surface area contributed by atoms with E-state index in [1.807, 2.05) is 19.1 Å². The Labute approximate surface area is 137 Å². The summed E-state index contributed by atoms with van der Waals surface area (Å²) in [6.07, 6.45) is 4.86. The van der Waals surface area contributed by atoms with E-state index < -0.39 is 0 Å². The molecule has 5 nitrogen and oxygen atoms in total. The SMILES string of the molecule is CCn1ncc(Br)c1C(=O)/C=C/c1ccc(OC)cc1OC. The molecule has 0 N–H and O–H groups in total. The fourth-order valence-electron chi connectivity index (χ4n) is 2.05. The molecule has 2 aromatic rings. The molecule has 1 aromatic heterocycles. The van der Waals surface area contributed by atoms with Crippen molar-refractivity contribution in [3.8, 4) is 11.5 Å². The van der Waals surface area contributed by atoms with Gasteiger partial charge in [0.1, 0.15) is 17.2 Å². The molecule has 22 heavy (non-hydrogen) atoms. The van der Waals surface area contributed by atoms with Crippen LogP contribution in [0.1, 0.15) is 23.0 Å². The Morgan fingerprint density at radius 3 is 2.77 bits per heavy atom. The second kappa shape index (κ2) is 7.26. The first-order chi connectivity index (χ1) is 10.6. The highest BCUT2D eigenvalue weighted by Gasteiger charge is 2.14. The highest BCUT2D eigenvalue weighted by Crippen LogP contribution is 2.26. The van der Waals surface area contributed by atoms with E-state index in [-0.39, 0.29) is 5.78 Å². The third-order valence-corrected chi connectivity index (χ3v) is 3.76. The Morgan fingerprint density at radius 1 is 1.36 bits per heavy atom. The molecule has 0 aliphatic rings. The number of carbonyl (C=O) groups is 1. The number of carbonyl (C=O) groups excluding carboxylic acids is 1. The first kappa shape index (κ1) is 16.3. The van der Waals surface area contributed by atoms with Crippen LogP contribution in [0.2, 0.25) is 0 Å². The molecule has 1 heterocycles. The number of allylic oxidation sites excluding steroid dienone is 1. The summed E-state index contributed by atoms with van der Waals surface area (Å²) in [5.74, 6) is 1.22. The molecule has 1 aromatic carbocycles. The molecule has 0 fully saturated rings. The first-order valence-electron chi connectivity index (χ1n) is 6.76. The lowest BCUT2D eigenvalue weighted by Gasteiger charge is -2.07. The Kier molecular flexibility index (Phi) is 5.38. The van der Waals surface area contributed by atoms with Gasteiger partial charge in [-0.3, -0.25) is 9.48 Å². The minimum atomic E-state index is -0.121. The zero-order valence-electron chi connectivity index (χ0n) is 12.7. The number of methoxy groups -OCH3 is 2. The van der Waals surface area contributed by atoms with Gasteiger partial charge in [0.2, 0.25) is 5.78 Å². The Hall–Kier alpha value is -2.08. The van der Waals surface area contributed by atoms with Gasteiger partial charge in [-0.05, 0) is 47.1 Å². The van der Waals surface area contributed by atoms with Crippen LogP contribution in [-0.4, -0.2) is 29.8 Å². The molecule has 116 valence electrons. The molecule has 6 heteroatoms. The monoisotopic (exact) mass is 364 g/mol.